The largest absolute Gasteiger partial charge is 0.573 e. The molecule has 1 saturated heterocycles. The van der Waals surface area contributed by atoms with Crippen LogP contribution in [0.5, 0.6) is 11.5 Å². The van der Waals surface area contributed by atoms with Crippen molar-refractivity contribution in [2.24, 2.45) is 4.99 Å². The summed E-state index contributed by atoms with van der Waals surface area (Å²) in [5.74, 6) is -0.651. The van der Waals surface area contributed by atoms with E-state index in [1.165, 1.54) is 6.07 Å². The number of nitrogens with zero attached hydrogens (tertiary/aromatic N) is 2. The molecule has 2 aromatic carbocycles. The number of benzene rings is 2. The van der Waals surface area contributed by atoms with E-state index in [2.05, 4.69) is 25.8 Å². The lowest BCUT2D eigenvalue weighted by Gasteiger charge is -2.36. The van der Waals surface area contributed by atoms with Gasteiger partial charge in [-0.3, -0.25) is 4.90 Å². The SMILES string of the molecule is CC1=C2NOC(Nc3cc(Cl)cc(OC(F)(F)F)c3)(N=C1)N2c1ccc2c(c1)NCO2. The van der Waals surface area contributed by atoms with Crippen molar-refractivity contribution in [3.8, 4) is 11.5 Å². The van der Waals surface area contributed by atoms with Crippen LogP contribution in [0.25, 0.3) is 0 Å². The molecule has 3 N–H and O–H groups in total. The maximum atomic E-state index is 12.7. The highest BCUT2D eigenvalue weighted by Crippen LogP contribution is 2.42. The average Bonchev–Trinajstić information content (AvgIpc) is 3.24. The van der Waals surface area contributed by atoms with Crippen LogP contribution in [0.3, 0.4) is 0 Å². The number of fused-ring (bicyclic) bond motifs is 3. The summed E-state index contributed by atoms with van der Waals surface area (Å²) in [6, 6.07) is 9.16. The number of aliphatic imine (C=N–C) groups is 1. The zero-order valence-corrected chi connectivity index (χ0v) is 16.6. The van der Waals surface area contributed by atoms with Gasteiger partial charge in [0, 0.05) is 28.6 Å². The summed E-state index contributed by atoms with van der Waals surface area (Å²) in [5.41, 5.74) is 5.34. The van der Waals surface area contributed by atoms with Gasteiger partial charge in [-0.1, -0.05) is 11.6 Å². The Morgan fingerprint density at radius 1 is 1.26 bits per heavy atom. The van der Waals surface area contributed by atoms with Crippen molar-refractivity contribution in [2.75, 3.05) is 22.3 Å². The lowest BCUT2D eigenvalue weighted by atomic mass is 10.2. The summed E-state index contributed by atoms with van der Waals surface area (Å²) in [6.07, 6.45) is -3.25. The van der Waals surface area contributed by atoms with Crippen molar-refractivity contribution < 1.29 is 27.5 Å². The van der Waals surface area contributed by atoms with Gasteiger partial charge in [-0.25, -0.2) is 15.3 Å². The van der Waals surface area contributed by atoms with Crippen LogP contribution >= 0.6 is 11.6 Å². The van der Waals surface area contributed by atoms with Gasteiger partial charge in [0.15, 0.2) is 6.73 Å². The van der Waals surface area contributed by atoms with Crippen LogP contribution in [0.1, 0.15) is 6.92 Å². The highest BCUT2D eigenvalue weighted by atomic mass is 35.5. The molecule has 0 spiro atoms. The molecular formula is C19H15ClF3N5O3. The van der Waals surface area contributed by atoms with Crippen molar-refractivity contribution in [2.45, 2.75) is 19.3 Å². The van der Waals surface area contributed by atoms with Crippen LogP contribution < -0.4 is 30.5 Å². The number of alkyl halides is 3. The number of anilines is 3. The van der Waals surface area contributed by atoms with Gasteiger partial charge >= 0.3 is 12.3 Å². The molecule has 1 fully saturated rings. The molecule has 0 aliphatic carbocycles. The Kier molecular flexibility index (Phi) is 4.34. The molecule has 0 aromatic heterocycles. The first kappa shape index (κ1) is 19.6. The van der Waals surface area contributed by atoms with E-state index in [0.717, 1.165) is 23.4 Å². The molecule has 1 atom stereocenters. The Labute approximate surface area is 179 Å². The Morgan fingerprint density at radius 3 is 2.90 bits per heavy atom. The third-order valence-electron chi connectivity index (χ3n) is 4.75. The molecule has 0 amide bonds. The van der Waals surface area contributed by atoms with Crippen molar-refractivity contribution in [3.05, 3.63) is 52.8 Å². The number of allylic oxidation sites excluding steroid dienone is 1. The summed E-state index contributed by atoms with van der Waals surface area (Å²) in [4.78, 5) is 12.0. The fourth-order valence-electron chi connectivity index (χ4n) is 3.49. The van der Waals surface area contributed by atoms with E-state index in [0.29, 0.717) is 24.0 Å². The predicted octanol–water partition coefficient (Wildman–Crippen LogP) is 4.38. The van der Waals surface area contributed by atoms with E-state index in [-0.39, 0.29) is 10.7 Å². The molecule has 5 rings (SSSR count). The topological polar surface area (TPSA) is 79.4 Å². The molecule has 8 nitrogen and oxygen atoms in total. The Balaban J connectivity index is 1.53. The second-order valence-corrected chi connectivity index (χ2v) is 7.37. The van der Waals surface area contributed by atoms with Gasteiger partial charge in [-0.2, -0.15) is 0 Å². The standard InChI is InChI=1S/C19H15ClF3N5O3/c1-10-8-25-19(26-12-4-11(20)5-14(6-12)30-18(21,22)23)28(17(10)27-31-19)13-2-3-16-15(7-13)24-9-29-16/h2-8,24,26-27H,9H2,1H3. The van der Waals surface area contributed by atoms with Crippen molar-refractivity contribution in [1.82, 2.24) is 5.48 Å². The number of hydroxylamine groups is 1. The molecule has 0 saturated carbocycles. The first-order valence-electron chi connectivity index (χ1n) is 9.08. The number of hydrogen-bond donors (Lipinski definition) is 3. The van der Waals surface area contributed by atoms with Crippen LogP contribution in [0.15, 0.2) is 52.8 Å². The van der Waals surface area contributed by atoms with Gasteiger partial charge in [0.2, 0.25) is 0 Å². The summed E-state index contributed by atoms with van der Waals surface area (Å²) < 4.78 is 47.5. The second-order valence-electron chi connectivity index (χ2n) is 6.93. The Morgan fingerprint density at radius 2 is 2.10 bits per heavy atom. The molecule has 3 aliphatic heterocycles. The van der Waals surface area contributed by atoms with Gasteiger partial charge in [0.05, 0.1) is 11.4 Å². The zero-order chi connectivity index (χ0) is 21.8. The van der Waals surface area contributed by atoms with Crippen molar-refractivity contribution in [3.63, 3.8) is 0 Å². The van der Waals surface area contributed by atoms with Crippen molar-refractivity contribution in [1.29, 1.82) is 0 Å². The molecular weight excluding hydrogens is 439 g/mol. The molecule has 2 bridgehead atoms. The minimum atomic E-state index is -4.85. The van der Waals surface area contributed by atoms with E-state index < -0.39 is 18.1 Å². The molecule has 3 aliphatic rings. The van der Waals surface area contributed by atoms with E-state index in [1.54, 1.807) is 17.2 Å². The minimum Gasteiger partial charge on any atom is -0.471 e. The fraction of sp³-hybridized carbons (Fsp3) is 0.211. The number of hydrogen-bond acceptors (Lipinski definition) is 8. The smallest absolute Gasteiger partial charge is 0.471 e. The van der Waals surface area contributed by atoms with Crippen LogP contribution in [-0.4, -0.2) is 25.3 Å². The van der Waals surface area contributed by atoms with E-state index in [9.17, 15) is 13.2 Å². The van der Waals surface area contributed by atoms with Gasteiger partial charge in [-0.05, 0) is 37.3 Å². The molecule has 12 heteroatoms. The third-order valence-corrected chi connectivity index (χ3v) is 4.97. The summed E-state index contributed by atoms with van der Waals surface area (Å²) in [5, 5.41) is 6.17. The number of rotatable bonds is 4. The average molecular weight is 454 g/mol. The number of nitrogens with one attached hydrogen (secondary N) is 3. The Bertz CT molecular complexity index is 1120. The summed E-state index contributed by atoms with van der Waals surface area (Å²) in [7, 11) is 0. The molecule has 2 aromatic rings. The second kappa shape index (κ2) is 6.86. The van der Waals surface area contributed by atoms with Gasteiger partial charge in [0.25, 0.3) is 0 Å². The molecule has 3 heterocycles. The molecule has 0 radical (unpaired) electrons. The third kappa shape index (κ3) is 3.55. The van der Waals surface area contributed by atoms with Gasteiger partial charge in [-0.15, -0.1) is 13.2 Å². The molecule has 162 valence electrons. The van der Waals surface area contributed by atoms with E-state index in [4.69, 9.17) is 21.2 Å². The zero-order valence-electron chi connectivity index (χ0n) is 15.9. The highest BCUT2D eigenvalue weighted by molar-refractivity contribution is 6.31. The van der Waals surface area contributed by atoms with Crippen LogP contribution in [0.4, 0.5) is 30.2 Å². The number of ether oxygens (including phenoxy) is 2. The lowest BCUT2D eigenvalue weighted by molar-refractivity contribution is -0.274. The Hall–Kier alpha value is -3.31. The van der Waals surface area contributed by atoms with E-state index >= 15 is 0 Å². The molecule has 31 heavy (non-hydrogen) atoms. The maximum Gasteiger partial charge on any atom is 0.573 e. The number of halogens is 4. The lowest BCUT2D eigenvalue weighted by Crippen LogP contribution is -2.51. The summed E-state index contributed by atoms with van der Waals surface area (Å²) >= 11 is 6.01. The van der Waals surface area contributed by atoms with Crippen LogP contribution in [-0.2, 0) is 4.84 Å². The predicted molar refractivity (Wildman–Crippen MR) is 108 cm³/mol. The van der Waals surface area contributed by atoms with Gasteiger partial charge < -0.3 is 20.1 Å². The van der Waals surface area contributed by atoms with Crippen molar-refractivity contribution >= 4 is 34.9 Å². The highest BCUT2D eigenvalue weighted by Gasteiger charge is 2.49. The van der Waals surface area contributed by atoms with Crippen LogP contribution in [0, 0.1) is 0 Å². The normalized spacial score (nSPS) is 21.4. The first-order valence-corrected chi connectivity index (χ1v) is 9.46. The fourth-order valence-corrected chi connectivity index (χ4v) is 3.72. The maximum absolute atomic E-state index is 12.7. The van der Waals surface area contributed by atoms with E-state index in [1.807, 2.05) is 19.1 Å². The minimum absolute atomic E-state index is 0.0452. The first-order chi connectivity index (χ1) is 14.7. The summed E-state index contributed by atoms with van der Waals surface area (Å²) in [6.45, 7) is 2.21. The quantitative estimate of drug-likeness (QED) is 0.634. The van der Waals surface area contributed by atoms with Crippen LogP contribution in [0.2, 0.25) is 5.02 Å². The van der Waals surface area contributed by atoms with Gasteiger partial charge in [0.1, 0.15) is 17.3 Å². The molecule has 1 unspecified atom stereocenters. The monoisotopic (exact) mass is 453 g/mol.